The van der Waals surface area contributed by atoms with Crippen LogP contribution in [0.1, 0.15) is 30.0 Å². The monoisotopic (exact) mass is 400 g/mol. The van der Waals surface area contributed by atoms with Gasteiger partial charge in [0.15, 0.2) is 0 Å². The minimum Gasteiger partial charge on any atom is -0.497 e. The maximum Gasteiger partial charge on any atom is 0.247 e. The van der Waals surface area contributed by atoms with E-state index in [1.165, 1.54) is 0 Å². The van der Waals surface area contributed by atoms with Gasteiger partial charge in [-0.3, -0.25) is 9.59 Å². The van der Waals surface area contributed by atoms with Crippen molar-refractivity contribution in [1.82, 2.24) is 10.2 Å². The highest BCUT2D eigenvalue weighted by molar-refractivity contribution is 6.27. The summed E-state index contributed by atoms with van der Waals surface area (Å²) in [6.45, 7) is 0.503. The van der Waals surface area contributed by atoms with Crippen molar-refractivity contribution in [2.24, 2.45) is 0 Å². The number of rotatable bonds is 9. The summed E-state index contributed by atoms with van der Waals surface area (Å²) in [5, 5.41) is 2.99. The van der Waals surface area contributed by atoms with Gasteiger partial charge in [0.1, 0.15) is 17.7 Å². The number of carbonyl (C=O) groups is 2. The summed E-state index contributed by atoms with van der Waals surface area (Å²) in [5.74, 6) is 0.156. The van der Waals surface area contributed by atoms with Crippen molar-refractivity contribution in [3.05, 3.63) is 65.7 Å². The minimum atomic E-state index is -0.694. The van der Waals surface area contributed by atoms with Crippen LogP contribution >= 0.6 is 11.6 Å². The fourth-order valence-electron chi connectivity index (χ4n) is 3.28. The molecule has 0 bridgehead atoms. The van der Waals surface area contributed by atoms with Gasteiger partial charge in [-0.05, 0) is 42.5 Å². The Morgan fingerprint density at radius 1 is 1.14 bits per heavy atom. The van der Waals surface area contributed by atoms with E-state index in [4.69, 9.17) is 16.3 Å². The number of benzene rings is 2. The van der Waals surface area contributed by atoms with E-state index < -0.39 is 6.04 Å². The number of halogens is 1. The third-order valence-electron chi connectivity index (χ3n) is 4.86. The van der Waals surface area contributed by atoms with Crippen molar-refractivity contribution in [2.75, 3.05) is 19.5 Å². The summed E-state index contributed by atoms with van der Waals surface area (Å²) in [5.41, 5.74) is 1.91. The molecule has 0 unspecified atom stereocenters. The highest BCUT2D eigenvalue weighted by atomic mass is 35.5. The van der Waals surface area contributed by atoms with Gasteiger partial charge in [0.2, 0.25) is 11.8 Å². The molecule has 0 aromatic heterocycles. The summed E-state index contributed by atoms with van der Waals surface area (Å²) in [7, 11) is 1.59. The van der Waals surface area contributed by atoms with Crippen molar-refractivity contribution in [1.29, 1.82) is 0 Å². The largest absolute Gasteiger partial charge is 0.497 e. The van der Waals surface area contributed by atoms with Crippen LogP contribution in [-0.4, -0.2) is 42.3 Å². The fraction of sp³-hybridized carbons (Fsp3) is 0.364. The fourth-order valence-corrected chi connectivity index (χ4v) is 3.41. The molecule has 0 heterocycles. The van der Waals surface area contributed by atoms with E-state index in [2.05, 4.69) is 5.32 Å². The Balaban J connectivity index is 1.77. The van der Waals surface area contributed by atoms with E-state index in [1.807, 2.05) is 42.5 Å². The Hall–Kier alpha value is -2.53. The Bertz CT molecular complexity index is 791. The zero-order valence-electron chi connectivity index (χ0n) is 15.9. The van der Waals surface area contributed by atoms with Gasteiger partial charge >= 0.3 is 0 Å². The molecular weight excluding hydrogens is 376 g/mol. The van der Waals surface area contributed by atoms with Crippen molar-refractivity contribution in [2.45, 2.75) is 31.3 Å². The van der Waals surface area contributed by atoms with Crippen LogP contribution in [0.3, 0.4) is 0 Å². The number of ether oxygens (including phenoxy) is 1. The van der Waals surface area contributed by atoms with Gasteiger partial charge in [0.05, 0.1) is 7.11 Å². The molecule has 1 aliphatic rings. The lowest BCUT2D eigenvalue weighted by Crippen LogP contribution is -2.45. The van der Waals surface area contributed by atoms with Crippen molar-refractivity contribution in [3.8, 4) is 5.75 Å². The lowest BCUT2D eigenvalue weighted by Gasteiger charge is -2.31. The molecule has 0 aliphatic heterocycles. The van der Waals surface area contributed by atoms with Crippen LogP contribution in [0.4, 0.5) is 0 Å². The van der Waals surface area contributed by atoms with E-state index in [0.29, 0.717) is 12.3 Å². The number of nitrogens with zero attached hydrogens (tertiary/aromatic N) is 1. The molecule has 1 aliphatic carbocycles. The maximum absolute atomic E-state index is 13.1. The quantitative estimate of drug-likeness (QED) is 0.657. The van der Waals surface area contributed by atoms with E-state index in [9.17, 15) is 9.59 Å². The van der Waals surface area contributed by atoms with Crippen LogP contribution in [-0.2, 0) is 16.0 Å². The second-order valence-electron chi connectivity index (χ2n) is 6.87. The molecule has 0 radical (unpaired) electrons. The molecule has 0 spiro atoms. The molecule has 1 saturated carbocycles. The van der Waals surface area contributed by atoms with Crippen LogP contribution in [0, 0.1) is 0 Å². The number of carbonyl (C=O) groups excluding carboxylic acids is 2. The lowest BCUT2D eigenvalue weighted by molar-refractivity contribution is -0.139. The molecular formula is C22H25ClN2O3. The van der Waals surface area contributed by atoms with Gasteiger partial charge in [0.25, 0.3) is 0 Å². The van der Waals surface area contributed by atoms with Crippen LogP contribution in [0.5, 0.6) is 5.75 Å². The molecule has 2 amide bonds. The highest BCUT2D eigenvalue weighted by Gasteiger charge is 2.40. The van der Waals surface area contributed by atoms with Gasteiger partial charge in [0, 0.05) is 12.6 Å². The second kappa shape index (κ2) is 9.60. The van der Waals surface area contributed by atoms with E-state index in [1.54, 1.807) is 24.1 Å². The van der Waals surface area contributed by atoms with Crippen LogP contribution in [0.25, 0.3) is 0 Å². The molecule has 0 saturated heterocycles. The summed E-state index contributed by atoms with van der Waals surface area (Å²) in [6.07, 6.45) is 2.52. The number of amides is 2. The van der Waals surface area contributed by atoms with Crippen molar-refractivity contribution in [3.63, 3.8) is 0 Å². The van der Waals surface area contributed by atoms with Gasteiger partial charge in [-0.15, -0.1) is 11.6 Å². The Morgan fingerprint density at radius 3 is 2.39 bits per heavy atom. The zero-order valence-corrected chi connectivity index (χ0v) is 16.7. The van der Waals surface area contributed by atoms with Gasteiger partial charge in [-0.2, -0.15) is 0 Å². The van der Waals surface area contributed by atoms with E-state index in [0.717, 1.165) is 30.4 Å². The van der Waals surface area contributed by atoms with Crippen molar-refractivity contribution < 1.29 is 14.3 Å². The van der Waals surface area contributed by atoms with Gasteiger partial charge < -0.3 is 15.0 Å². The molecule has 1 N–H and O–H groups in total. The molecule has 1 fully saturated rings. The van der Waals surface area contributed by atoms with Crippen molar-refractivity contribution >= 4 is 23.4 Å². The van der Waals surface area contributed by atoms with Crippen LogP contribution in [0.2, 0.25) is 0 Å². The third kappa shape index (κ3) is 5.04. The predicted octanol–water partition coefficient (Wildman–Crippen LogP) is 3.33. The number of alkyl halides is 1. The SMILES string of the molecule is COc1ccc([C@@H](C(=O)NCCc2ccccc2)N(C(=O)CCl)C2CC2)cc1. The average molecular weight is 401 g/mol. The lowest BCUT2D eigenvalue weighted by atomic mass is 10.0. The summed E-state index contributed by atoms with van der Waals surface area (Å²) in [4.78, 5) is 27.3. The van der Waals surface area contributed by atoms with Crippen LogP contribution in [0.15, 0.2) is 54.6 Å². The van der Waals surface area contributed by atoms with Gasteiger partial charge in [-0.1, -0.05) is 42.5 Å². The Morgan fingerprint density at radius 2 is 1.82 bits per heavy atom. The molecule has 2 aromatic rings. The topological polar surface area (TPSA) is 58.6 Å². The number of nitrogens with one attached hydrogen (secondary N) is 1. The number of hydrogen-bond donors (Lipinski definition) is 1. The predicted molar refractivity (Wildman–Crippen MR) is 109 cm³/mol. The Kier molecular flexibility index (Phi) is 6.93. The first-order valence-electron chi connectivity index (χ1n) is 9.46. The highest BCUT2D eigenvalue weighted by Crippen LogP contribution is 2.35. The molecule has 28 heavy (non-hydrogen) atoms. The van der Waals surface area contributed by atoms with E-state index in [-0.39, 0.29) is 23.7 Å². The molecule has 5 nitrogen and oxygen atoms in total. The average Bonchev–Trinajstić information content (AvgIpc) is 3.57. The standard InChI is InChI=1S/C22H25ClN2O3/c1-28-19-11-7-17(8-12-19)21(25(18-9-10-18)20(26)15-23)22(27)24-14-13-16-5-3-2-4-6-16/h2-8,11-12,18,21H,9-10,13-15H2,1H3,(H,24,27)/t21-/m0/s1. The Labute approximate surface area is 170 Å². The molecule has 148 valence electrons. The van der Waals surface area contributed by atoms with Crippen LogP contribution < -0.4 is 10.1 Å². The maximum atomic E-state index is 13.1. The third-order valence-corrected chi connectivity index (χ3v) is 5.08. The first-order valence-corrected chi connectivity index (χ1v) is 10.00. The van der Waals surface area contributed by atoms with Gasteiger partial charge in [-0.25, -0.2) is 0 Å². The molecule has 2 aromatic carbocycles. The van der Waals surface area contributed by atoms with E-state index >= 15 is 0 Å². The molecule has 1 atom stereocenters. The number of methoxy groups -OCH3 is 1. The smallest absolute Gasteiger partial charge is 0.247 e. The first kappa shape index (κ1) is 20.2. The summed E-state index contributed by atoms with van der Waals surface area (Å²) >= 11 is 5.84. The normalized spacial score (nSPS) is 14.2. The first-order chi connectivity index (χ1) is 13.6. The minimum absolute atomic E-state index is 0.0678. The number of hydrogen-bond acceptors (Lipinski definition) is 3. The zero-order chi connectivity index (χ0) is 19.9. The summed E-state index contributed by atoms with van der Waals surface area (Å²) < 4.78 is 5.21. The second-order valence-corrected chi connectivity index (χ2v) is 7.14. The molecule has 3 rings (SSSR count). The summed E-state index contributed by atoms with van der Waals surface area (Å²) in [6, 6.07) is 16.6. The molecule has 6 heteroatoms.